The molecule has 4 rings (SSSR count). The van der Waals surface area contributed by atoms with Crippen molar-refractivity contribution < 1.29 is 19.7 Å². The van der Waals surface area contributed by atoms with Crippen LogP contribution in [0.25, 0.3) is 0 Å². The third kappa shape index (κ3) is 5.52. The molecule has 0 aromatic carbocycles. The number of aliphatic hydroxyl groups is 1. The largest absolute Gasteiger partial charge is 0.483 e. The Balaban J connectivity index is 0.000000755. The molecule has 0 bridgehead atoms. The summed E-state index contributed by atoms with van der Waals surface area (Å²) in [6, 6.07) is 7.65. The molecule has 10 heteroatoms. The first kappa shape index (κ1) is 20.7. The minimum atomic E-state index is -0.417. The van der Waals surface area contributed by atoms with Gasteiger partial charge in [-0.15, -0.1) is 0 Å². The second kappa shape index (κ2) is 9.99. The molecular weight excluding hydrogens is 376 g/mol. The van der Waals surface area contributed by atoms with Gasteiger partial charge in [-0.3, -0.25) is 9.78 Å². The number of pyridine rings is 1. The Labute approximate surface area is 169 Å². The molecule has 29 heavy (non-hydrogen) atoms. The van der Waals surface area contributed by atoms with Crippen LogP contribution in [0.5, 0.6) is 0 Å². The summed E-state index contributed by atoms with van der Waals surface area (Å²) in [5, 5.41) is 17.4. The summed E-state index contributed by atoms with van der Waals surface area (Å²) in [6.07, 6.45) is 2.11. The molecule has 0 amide bonds. The van der Waals surface area contributed by atoms with Crippen molar-refractivity contribution in [1.82, 2.24) is 15.0 Å². The summed E-state index contributed by atoms with van der Waals surface area (Å²) in [7, 11) is 0. The van der Waals surface area contributed by atoms with E-state index in [1.54, 1.807) is 12.3 Å². The van der Waals surface area contributed by atoms with E-state index in [4.69, 9.17) is 25.4 Å². The van der Waals surface area contributed by atoms with Crippen LogP contribution in [-0.2, 0) is 16.0 Å². The van der Waals surface area contributed by atoms with Crippen LogP contribution in [0.1, 0.15) is 5.69 Å². The van der Waals surface area contributed by atoms with Crippen molar-refractivity contribution in [2.75, 3.05) is 54.9 Å². The molecular formula is C19H26N6O4. The highest BCUT2D eigenvalue weighted by molar-refractivity contribution is 5.53. The molecule has 4 N–H and O–H groups in total. The lowest BCUT2D eigenvalue weighted by molar-refractivity contribution is -0.122. The molecule has 0 radical (unpaired) electrons. The first-order valence-corrected chi connectivity index (χ1v) is 9.48. The van der Waals surface area contributed by atoms with Gasteiger partial charge in [0, 0.05) is 50.1 Å². The van der Waals surface area contributed by atoms with E-state index >= 15 is 0 Å². The molecule has 0 saturated carbocycles. The van der Waals surface area contributed by atoms with E-state index < -0.39 is 6.10 Å². The molecule has 0 spiro atoms. The first-order chi connectivity index (χ1) is 14.1. The smallest absolute Gasteiger partial charge is 0.290 e. The number of ether oxygens (including phenoxy) is 1. The van der Waals surface area contributed by atoms with Crippen LogP contribution in [0.2, 0.25) is 0 Å². The number of aliphatic hydroxyl groups excluding tert-OH is 1. The number of β-amino-alcohol motifs (C(OH)–C–C–N with tert-alkyl or cyclic N) is 1. The van der Waals surface area contributed by atoms with Crippen molar-refractivity contribution in [2.24, 2.45) is 5.92 Å². The van der Waals surface area contributed by atoms with Crippen molar-refractivity contribution in [2.45, 2.75) is 12.5 Å². The Morgan fingerprint density at radius 3 is 2.66 bits per heavy atom. The standard InChI is InChI=1S/C18H24N6O2.CH2O2/c19-16-10-17(22-18(21-16)23-5-7-26-8-6-23)24-11-13(15(25)12-24)9-14-3-1-2-4-20-14;2-1-3/h1-4,10,13,15,25H,5-9,11-12H2,(H2,19,21,22);1H,(H,2,3)/t13-,15-;/m1./s1. The number of anilines is 3. The van der Waals surface area contributed by atoms with Crippen LogP contribution in [-0.4, -0.2) is 77.1 Å². The van der Waals surface area contributed by atoms with Crippen molar-refractivity contribution in [3.63, 3.8) is 0 Å². The minimum Gasteiger partial charge on any atom is -0.483 e. The molecule has 2 aliphatic heterocycles. The van der Waals surface area contributed by atoms with Crippen LogP contribution in [0.15, 0.2) is 30.5 Å². The molecule has 2 fully saturated rings. The van der Waals surface area contributed by atoms with Gasteiger partial charge in [0.15, 0.2) is 0 Å². The van der Waals surface area contributed by atoms with Gasteiger partial charge in [0.2, 0.25) is 5.95 Å². The van der Waals surface area contributed by atoms with Crippen LogP contribution in [0.3, 0.4) is 0 Å². The average Bonchev–Trinajstić information content (AvgIpc) is 3.10. The van der Waals surface area contributed by atoms with Gasteiger partial charge < -0.3 is 30.5 Å². The van der Waals surface area contributed by atoms with Crippen LogP contribution in [0, 0.1) is 5.92 Å². The predicted molar refractivity (Wildman–Crippen MR) is 108 cm³/mol. The fraction of sp³-hybridized carbons (Fsp3) is 0.474. The van der Waals surface area contributed by atoms with Gasteiger partial charge in [-0.1, -0.05) is 6.07 Å². The average molecular weight is 402 g/mol. The number of rotatable bonds is 4. The van der Waals surface area contributed by atoms with E-state index in [1.807, 2.05) is 18.2 Å². The van der Waals surface area contributed by atoms with Crippen LogP contribution < -0.4 is 15.5 Å². The molecule has 2 aliphatic rings. The molecule has 10 nitrogen and oxygen atoms in total. The topological polar surface area (TPSA) is 138 Å². The number of hydrogen-bond acceptors (Lipinski definition) is 9. The summed E-state index contributed by atoms with van der Waals surface area (Å²) in [5.41, 5.74) is 7.01. The molecule has 2 saturated heterocycles. The molecule has 0 unspecified atom stereocenters. The molecule has 0 aliphatic carbocycles. The van der Waals surface area contributed by atoms with Gasteiger partial charge in [-0.05, 0) is 18.6 Å². The maximum Gasteiger partial charge on any atom is 0.290 e. The molecule has 2 aromatic rings. The van der Waals surface area contributed by atoms with Gasteiger partial charge in [0.1, 0.15) is 11.6 Å². The number of nitrogen functional groups attached to an aromatic ring is 1. The molecule has 2 atom stereocenters. The van der Waals surface area contributed by atoms with E-state index in [0.29, 0.717) is 31.5 Å². The number of aromatic nitrogens is 3. The molecule has 2 aromatic heterocycles. The predicted octanol–water partition coefficient (Wildman–Crippen LogP) is 0.0310. The van der Waals surface area contributed by atoms with E-state index in [-0.39, 0.29) is 12.4 Å². The summed E-state index contributed by atoms with van der Waals surface area (Å²) in [5.74, 6) is 1.96. The van der Waals surface area contributed by atoms with Gasteiger partial charge >= 0.3 is 0 Å². The lowest BCUT2D eigenvalue weighted by Crippen LogP contribution is -2.37. The van der Waals surface area contributed by atoms with Crippen molar-refractivity contribution in [3.8, 4) is 0 Å². The fourth-order valence-electron chi connectivity index (χ4n) is 3.54. The van der Waals surface area contributed by atoms with Crippen molar-refractivity contribution in [3.05, 3.63) is 36.2 Å². The Bertz CT molecular complexity index is 788. The zero-order valence-corrected chi connectivity index (χ0v) is 16.1. The summed E-state index contributed by atoms with van der Waals surface area (Å²) in [4.78, 5) is 26.0. The Morgan fingerprint density at radius 1 is 1.21 bits per heavy atom. The number of morpholine rings is 1. The highest BCUT2D eigenvalue weighted by atomic mass is 16.5. The highest BCUT2D eigenvalue weighted by Gasteiger charge is 2.33. The third-order valence-electron chi connectivity index (χ3n) is 4.94. The number of carboxylic acid groups (broad SMARTS) is 1. The Hall–Kier alpha value is -2.98. The Morgan fingerprint density at radius 2 is 1.97 bits per heavy atom. The van der Waals surface area contributed by atoms with Gasteiger partial charge in [0.25, 0.3) is 6.47 Å². The first-order valence-electron chi connectivity index (χ1n) is 9.48. The highest BCUT2D eigenvalue weighted by Crippen LogP contribution is 2.27. The van der Waals surface area contributed by atoms with E-state index in [1.165, 1.54) is 0 Å². The number of hydrogen-bond donors (Lipinski definition) is 3. The lowest BCUT2D eigenvalue weighted by atomic mass is 10.00. The van der Waals surface area contributed by atoms with E-state index in [0.717, 1.165) is 37.6 Å². The van der Waals surface area contributed by atoms with Crippen LogP contribution >= 0.6 is 0 Å². The monoisotopic (exact) mass is 402 g/mol. The summed E-state index contributed by atoms with van der Waals surface area (Å²) < 4.78 is 5.39. The van der Waals surface area contributed by atoms with Gasteiger partial charge in [-0.2, -0.15) is 9.97 Å². The number of carbonyl (C=O) groups is 1. The number of nitrogens with two attached hydrogens (primary N) is 1. The maximum absolute atomic E-state index is 10.5. The van der Waals surface area contributed by atoms with E-state index in [9.17, 15) is 5.11 Å². The fourth-order valence-corrected chi connectivity index (χ4v) is 3.54. The molecule has 156 valence electrons. The normalized spacial score (nSPS) is 21.4. The van der Waals surface area contributed by atoms with Gasteiger partial charge in [-0.25, -0.2) is 0 Å². The quantitative estimate of drug-likeness (QED) is 0.600. The third-order valence-corrected chi connectivity index (χ3v) is 4.94. The minimum absolute atomic E-state index is 0.118. The SMILES string of the molecule is Nc1cc(N2C[C@@H](Cc3ccccn3)[C@H](O)C2)nc(N2CCOCC2)n1.O=CO. The van der Waals surface area contributed by atoms with E-state index in [2.05, 4.69) is 19.8 Å². The van der Waals surface area contributed by atoms with Gasteiger partial charge in [0.05, 0.1) is 19.3 Å². The Kier molecular flexibility index (Phi) is 7.14. The maximum atomic E-state index is 10.5. The number of nitrogens with zero attached hydrogens (tertiary/aromatic N) is 5. The van der Waals surface area contributed by atoms with Crippen LogP contribution in [0.4, 0.5) is 17.6 Å². The van der Waals surface area contributed by atoms with Crippen molar-refractivity contribution >= 4 is 24.1 Å². The van der Waals surface area contributed by atoms with Crippen molar-refractivity contribution in [1.29, 1.82) is 0 Å². The zero-order chi connectivity index (χ0) is 20.6. The molecule has 4 heterocycles. The summed E-state index contributed by atoms with van der Waals surface area (Å²) in [6.45, 7) is 3.86. The summed E-state index contributed by atoms with van der Waals surface area (Å²) >= 11 is 0. The zero-order valence-electron chi connectivity index (χ0n) is 16.1. The second-order valence-corrected chi connectivity index (χ2v) is 6.91. The second-order valence-electron chi connectivity index (χ2n) is 6.91. The lowest BCUT2D eigenvalue weighted by Gasteiger charge is -2.28.